The van der Waals surface area contributed by atoms with Crippen LogP contribution in [0.15, 0.2) is 91.0 Å². The van der Waals surface area contributed by atoms with E-state index < -0.39 is 0 Å². The Bertz CT molecular complexity index is 1000. The van der Waals surface area contributed by atoms with Gasteiger partial charge >= 0.3 is 0 Å². The number of nitrogens with zero attached hydrogens (tertiary/aromatic N) is 2. The summed E-state index contributed by atoms with van der Waals surface area (Å²) in [6.07, 6.45) is 4.65. The Balaban J connectivity index is 0.000000587. The summed E-state index contributed by atoms with van der Waals surface area (Å²) in [5, 5.41) is 7.69. The van der Waals surface area contributed by atoms with Gasteiger partial charge in [-0.15, -0.1) is 0 Å². The molecule has 230 valence electrons. The van der Waals surface area contributed by atoms with Crippen LogP contribution in [0.3, 0.4) is 0 Å². The molecule has 8 nitrogen and oxygen atoms in total. The highest BCUT2D eigenvalue weighted by molar-refractivity contribution is 5.49. The molecule has 0 aliphatic rings. The predicted molar refractivity (Wildman–Crippen MR) is 169 cm³/mol. The Morgan fingerprint density at radius 1 is 0.762 bits per heavy atom. The van der Waals surface area contributed by atoms with E-state index in [2.05, 4.69) is 47.1 Å². The van der Waals surface area contributed by atoms with Crippen LogP contribution in [-0.4, -0.2) is 68.9 Å². The Kier molecular flexibility index (Phi) is 24.7. The average Bonchev–Trinajstić information content (AvgIpc) is 3.02. The number of aryl methyl sites for hydroxylation is 1. The Morgan fingerprint density at radius 3 is 1.81 bits per heavy atom. The van der Waals surface area contributed by atoms with Gasteiger partial charge in [-0.2, -0.15) is 0 Å². The van der Waals surface area contributed by atoms with Gasteiger partial charge in [-0.1, -0.05) is 92.7 Å². The van der Waals surface area contributed by atoms with Crippen LogP contribution in [-0.2, 0) is 27.3 Å². The van der Waals surface area contributed by atoms with Gasteiger partial charge in [0.25, 0.3) is 0 Å². The second-order valence-electron chi connectivity index (χ2n) is 9.22. The first-order valence-corrected chi connectivity index (χ1v) is 14.1. The van der Waals surface area contributed by atoms with Crippen LogP contribution in [0.5, 0.6) is 0 Å². The summed E-state index contributed by atoms with van der Waals surface area (Å²) in [5.41, 5.74) is 4.77. The highest BCUT2D eigenvalue weighted by Gasteiger charge is 2.09. The van der Waals surface area contributed by atoms with Crippen molar-refractivity contribution in [2.75, 3.05) is 33.7 Å². The number of nitrogens with one attached hydrogen (secondary N) is 3. The molecule has 0 aromatic heterocycles. The van der Waals surface area contributed by atoms with Crippen LogP contribution in [0.1, 0.15) is 37.8 Å². The average molecular weight is 582 g/mol. The number of benzene rings is 3. The molecular formula is C33H48FN5O3. The molecule has 0 fully saturated rings. The van der Waals surface area contributed by atoms with Crippen LogP contribution in [0.25, 0.3) is 0 Å². The van der Waals surface area contributed by atoms with Gasteiger partial charge in [-0.3, -0.25) is 20.3 Å². The summed E-state index contributed by atoms with van der Waals surface area (Å²) in [4.78, 5) is 32.3. The molecule has 9 heteroatoms. The number of halogens is 1. The molecule has 0 aliphatic heterocycles. The highest BCUT2D eigenvalue weighted by Crippen LogP contribution is 2.02. The summed E-state index contributed by atoms with van der Waals surface area (Å²) < 4.78 is 12.2. The van der Waals surface area contributed by atoms with Gasteiger partial charge in [0.1, 0.15) is 12.1 Å². The Morgan fingerprint density at radius 2 is 1.33 bits per heavy atom. The fourth-order valence-corrected chi connectivity index (χ4v) is 3.39. The smallest absolute Gasteiger partial charge is 0.221 e. The number of carbonyl (C=O) groups excluding carboxylic acids is 3. The van der Waals surface area contributed by atoms with Gasteiger partial charge in [0.15, 0.2) is 0 Å². The maximum absolute atomic E-state index is 12.2. The van der Waals surface area contributed by atoms with Gasteiger partial charge in [0.05, 0.1) is 6.17 Å². The monoisotopic (exact) mass is 581 g/mol. The molecule has 0 heterocycles. The first-order valence-electron chi connectivity index (χ1n) is 14.1. The fraction of sp³-hybridized carbons (Fsp3) is 0.364. The molecule has 1 atom stereocenters. The van der Waals surface area contributed by atoms with Crippen molar-refractivity contribution in [3.05, 3.63) is 108 Å². The van der Waals surface area contributed by atoms with Crippen LogP contribution >= 0.6 is 0 Å². The maximum Gasteiger partial charge on any atom is 0.221 e. The minimum absolute atomic E-state index is 0.0146. The zero-order valence-electron chi connectivity index (χ0n) is 25.4. The van der Waals surface area contributed by atoms with Crippen molar-refractivity contribution in [2.24, 2.45) is 0 Å². The van der Waals surface area contributed by atoms with E-state index >= 15 is 0 Å². The largest absolute Gasteiger partial charge is 0.342 e. The SMILES string of the molecule is CCCN(C)CC(NC=O)NCc1ccccc1.CCc1ccc(F)cc1.CN(CCC=O)NC=O.c1ccccc1. The van der Waals surface area contributed by atoms with E-state index in [1.807, 2.05) is 61.5 Å². The molecule has 3 aromatic carbocycles. The van der Waals surface area contributed by atoms with Gasteiger partial charge in [-0.05, 0) is 49.7 Å². The third kappa shape index (κ3) is 22.9. The zero-order valence-corrected chi connectivity index (χ0v) is 25.4. The van der Waals surface area contributed by atoms with Gasteiger partial charge in [0.2, 0.25) is 12.8 Å². The lowest BCUT2D eigenvalue weighted by atomic mass is 10.2. The molecule has 0 spiro atoms. The Labute approximate surface area is 251 Å². The maximum atomic E-state index is 12.2. The number of carbonyl (C=O) groups is 3. The summed E-state index contributed by atoms with van der Waals surface area (Å²) in [5.74, 6) is -0.160. The molecule has 42 heavy (non-hydrogen) atoms. The number of hydrogen-bond donors (Lipinski definition) is 3. The second kappa shape index (κ2) is 27.3. The van der Waals surface area contributed by atoms with Gasteiger partial charge in [0, 0.05) is 33.1 Å². The first-order chi connectivity index (χ1) is 20.4. The fourth-order valence-electron chi connectivity index (χ4n) is 3.39. The molecule has 3 rings (SSSR count). The molecule has 0 saturated heterocycles. The lowest BCUT2D eigenvalue weighted by molar-refractivity contribution is -0.114. The normalized spacial score (nSPS) is 10.5. The molecule has 0 aliphatic carbocycles. The number of aldehydes is 1. The van der Waals surface area contributed by atoms with Crippen molar-refractivity contribution >= 4 is 19.1 Å². The molecule has 0 bridgehead atoms. The van der Waals surface area contributed by atoms with E-state index in [9.17, 15) is 18.8 Å². The zero-order chi connectivity index (χ0) is 31.3. The Hall–Kier alpha value is -3.92. The van der Waals surface area contributed by atoms with Crippen molar-refractivity contribution in [3.8, 4) is 0 Å². The topological polar surface area (TPSA) is 93.8 Å². The minimum Gasteiger partial charge on any atom is -0.342 e. The standard InChI is InChI=1S/C14H23N3O.C8H9F.C6H6.C5H10N2O2/c1-3-9-17(2)11-14(16-12-18)15-10-13-7-5-4-6-8-13;1-2-7-3-5-8(9)6-4-7;1-2-4-6-5-3-1;1-7(6-5-9)3-2-4-8/h4-8,12,14-15H,3,9-11H2,1-2H3,(H,16,18);3-6H,2H2,1H3;1-6H;4-5H,2-3H2,1H3,(H,6,9). The molecule has 0 radical (unpaired) electrons. The van der Waals surface area contributed by atoms with E-state index in [1.54, 1.807) is 24.2 Å². The molecule has 3 aromatic rings. The van der Waals surface area contributed by atoms with Crippen LogP contribution < -0.4 is 16.1 Å². The van der Waals surface area contributed by atoms with Crippen LogP contribution in [0, 0.1) is 5.82 Å². The van der Waals surface area contributed by atoms with Crippen molar-refractivity contribution in [3.63, 3.8) is 0 Å². The van der Waals surface area contributed by atoms with Crippen molar-refractivity contribution in [1.82, 2.24) is 26.0 Å². The number of likely N-dealkylation sites (N-methyl/N-ethyl adjacent to an activating group) is 1. The van der Waals surface area contributed by atoms with Gasteiger partial charge < -0.3 is 15.0 Å². The number of amides is 2. The van der Waals surface area contributed by atoms with E-state index in [1.165, 1.54) is 23.3 Å². The predicted octanol–water partition coefficient (Wildman–Crippen LogP) is 4.43. The van der Waals surface area contributed by atoms with E-state index in [0.717, 1.165) is 45.2 Å². The minimum atomic E-state index is -0.160. The summed E-state index contributed by atoms with van der Waals surface area (Å²) >= 11 is 0. The second-order valence-corrected chi connectivity index (χ2v) is 9.22. The van der Waals surface area contributed by atoms with Crippen molar-refractivity contribution in [2.45, 2.75) is 45.8 Å². The molecule has 1 unspecified atom stereocenters. The molecular weight excluding hydrogens is 533 g/mol. The van der Waals surface area contributed by atoms with E-state index in [-0.39, 0.29) is 12.0 Å². The van der Waals surface area contributed by atoms with E-state index in [4.69, 9.17) is 0 Å². The lowest BCUT2D eigenvalue weighted by Gasteiger charge is -2.24. The number of hydrazine groups is 1. The highest BCUT2D eigenvalue weighted by atomic mass is 19.1. The van der Waals surface area contributed by atoms with Gasteiger partial charge in [-0.25, -0.2) is 9.40 Å². The molecule has 3 N–H and O–H groups in total. The van der Waals surface area contributed by atoms with Crippen LogP contribution in [0.4, 0.5) is 4.39 Å². The summed E-state index contributed by atoms with van der Waals surface area (Å²) in [7, 11) is 3.76. The number of rotatable bonds is 15. The summed E-state index contributed by atoms with van der Waals surface area (Å²) in [6, 6.07) is 28.7. The quantitative estimate of drug-likeness (QED) is 0.140. The van der Waals surface area contributed by atoms with E-state index in [0.29, 0.717) is 19.4 Å². The number of hydrogen-bond acceptors (Lipinski definition) is 6. The molecule has 0 saturated carbocycles. The van der Waals surface area contributed by atoms with Crippen molar-refractivity contribution in [1.29, 1.82) is 0 Å². The van der Waals surface area contributed by atoms with Crippen LogP contribution in [0.2, 0.25) is 0 Å². The lowest BCUT2D eigenvalue weighted by Crippen LogP contribution is -2.48. The van der Waals surface area contributed by atoms with Crippen molar-refractivity contribution < 1.29 is 18.8 Å². The molecule has 2 amide bonds. The third-order valence-corrected chi connectivity index (χ3v) is 5.61. The first kappa shape index (κ1) is 38.1. The third-order valence-electron chi connectivity index (χ3n) is 5.61. The summed E-state index contributed by atoms with van der Waals surface area (Å²) in [6.45, 7) is 7.35.